The predicted octanol–water partition coefficient (Wildman–Crippen LogP) is -1.15. The number of carbonyl (C=O) groups is 1. The van der Waals surface area contributed by atoms with Crippen LogP contribution in [0.2, 0.25) is 0 Å². The molecule has 0 unspecified atom stereocenters. The van der Waals surface area contributed by atoms with Gasteiger partial charge in [0.05, 0.1) is 0 Å². The minimum Gasteiger partial charge on any atom is -1.00 e. The predicted molar refractivity (Wildman–Crippen MR) is 37.2 cm³/mol. The summed E-state index contributed by atoms with van der Waals surface area (Å²) < 4.78 is 4.95. The maximum Gasteiger partial charge on any atom is 1.00 e. The Labute approximate surface area is 86.1 Å². The third-order valence-electron chi connectivity index (χ3n) is 0.709. The van der Waals surface area contributed by atoms with E-state index in [1.54, 1.807) is 6.92 Å². The van der Waals surface area contributed by atoms with Gasteiger partial charge < -0.3 is 6.16 Å². The van der Waals surface area contributed by atoms with Crippen LogP contribution < -0.4 is 29.6 Å². The molecule has 0 aliphatic rings. The van der Waals surface area contributed by atoms with Crippen molar-refractivity contribution in [3.63, 3.8) is 0 Å². The number of ether oxygens (including phenoxy) is 1. The summed E-state index contributed by atoms with van der Waals surface area (Å²) in [6.45, 7) is 7.37. The molecule has 0 rings (SSSR count). The number of rotatable bonds is 1. The molecule has 0 aliphatic heterocycles. The Hall–Kier alpha value is 0.470. The van der Waals surface area contributed by atoms with Gasteiger partial charge in [0.1, 0.15) is 5.60 Å². The summed E-state index contributed by atoms with van der Waals surface area (Å²) in [5, 5.41) is 0. The van der Waals surface area contributed by atoms with Crippen LogP contribution in [0.25, 0.3) is 0 Å². The summed E-state index contributed by atoms with van der Waals surface area (Å²) in [5.41, 5.74) is -0.326. The van der Waals surface area contributed by atoms with E-state index in [-0.39, 0.29) is 42.6 Å². The SMILES string of the molecule is CCC(=O)OC(C)(C)C.[H-].[Na+]. The first-order chi connectivity index (χ1) is 3.95. The van der Waals surface area contributed by atoms with Crippen LogP contribution in [0.5, 0.6) is 0 Å². The fourth-order valence-electron chi connectivity index (χ4n) is 0.414. The van der Waals surface area contributed by atoms with Gasteiger partial charge in [0.15, 0.2) is 0 Å². The van der Waals surface area contributed by atoms with Crippen LogP contribution in [0.4, 0.5) is 0 Å². The van der Waals surface area contributed by atoms with Gasteiger partial charge in [-0.05, 0) is 20.8 Å². The van der Waals surface area contributed by atoms with Crippen molar-refractivity contribution < 1.29 is 40.5 Å². The van der Waals surface area contributed by atoms with Gasteiger partial charge in [-0.2, -0.15) is 0 Å². The van der Waals surface area contributed by atoms with Gasteiger partial charge in [-0.3, -0.25) is 4.79 Å². The topological polar surface area (TPSA) is 26.3 Å². The molecule has 0 bridgehead atoms. The minimum atomic E-state index is -0.326. The molecule has 0 aromatic rings. The molecule has 0 spiro atoms. The van der Waals surface area contributed by atoms with E-state index in [0.717, 1.165) is 0 Å². The van der Waals surface area contributed by atoms with Gasteiger partial charge in [-0.1, -0.05) is 6.92 Å². The summed E-state index contributed by atoms with van der Waals surface area (Å²) in [4.78, 5) is 10.6. The van der Waals surface area contributed by atoms with E-state index in [0.29, 0.717) is 6.42 Å². The van der Waals surface area contributed by atoms with Crippen LogP contribution in [0.1, 0.15) is 35.5 Å². The number of hydrogen-bond acceptors (Lipinski definition) is 2. The average molecular weight is 154 g/mol. The minimum absolute atomic E-state index is 0. The number of carbonyl (C=O) groups excluding carboxylic acids is 1. The van der Waals surface area contributed by atoms with Crippen molar-refractivity contribution >= 4 is 5.97 Å². The molecule has 0 amide bonds. The molecule has 56 valence electrons. The van der Waals surface area contributed by atoms with E-state index in [1.807, 2.05) is 20.8 Å². The van der Waals surface area contributed by atoms with Crippen molar-refractivity contribution in [2.75, 3.05) is 0 Å². The standard InChI is InChI=1S/C7H14O2.Na.H/c1-5-6(8)9-7(2,3)4;;/h5H2,1-4H3;;/q;+1;-1. The van der Waals surface area contributed by atoms with Crippen molar-refractivity contribution in [2.45, 2.75) is 39.7 Å². The first kappa shape index (κ1) is 13.1. The zero-order chi connectivity index (χ0) is 7.49. The number of esters is 1. The molecule has 0 aromatic heterocycles. The van der Waals surface area contributed by atoms with Crippen molar-refractivity contribution in [3.05, 3.63) is 0 Å². The first-order valence-corrected chi connectivity index (χ1v) is 3.17. The van der Waals surface area contributed by atoms with Crippen LogP contribution in [0.3, 0.4) is 0 Å². The van der Waals surface area contributed by atoms with Crippen LogP contribution in [0.15, 0.2) is 0 Å². The Bertz CT molecular complexity index is 109. The van der Waals surface area contributed by atoms with Gasteiger partial charge >= 0.3 is 35.5 Å². The van der Waals surface area contributed by atoms with Gasteiger partial charge in [-0.15, -0.1) is 0 Å². The third kappa shape index (κ3) is 8.47. The van der Waals surface area contributed by atoms with Crippen LogP contribution in [0, 0.1) is 0 Å². The summed E-state index contributed by atoms with van der Waals surface area (Å²) in [6, 6.07) is 0. The van der Waals surface area contributed by atoms with Crippen LogP contribution in [-0.2, 0) is 9.53 Å². The fraction of sp³-hybridized carbons (Fsp3) is 0.857. The zero-order valence-electron chi connectivity index (χ0n) is 8.52. The summed E-state index contributed by atoms with van der Waals surface area (Å²) in [5.74, 6) is -0.137. The molecular weight excluding hydrogens is 139 g/mol. The maximum atomic E-state index is 10.6. The fourth-order valence-corrected chi connectivity index (χ4v) is 0.414. The Morgan fingerprint density at radius 3 is 2.00 bits per heavy atom. The maximum absolute atomic E-state index is 10.6. The first-order valence-electron chi connectivity index (χ1n) is 3.17. The summed E-state index contributed by atoms with van der Waals surface area (Å²) in [7, 11) is 0. The Morgan fingerprint density at radius 1 is 1.50 bits per heavy atom. The molecule has 3 heteroatoms. The Kier molecular flexibility index (Phi) is 6.76. The zero-order valence-corrected chi connectivity index (χ0v) is 9.52. The molecule has 0 fully saturated rings. The van der Waals surface area contributed by atoms with Gasteiger partial charge in [0.2, 0.25) is 0 Å². The second kappa shape index (κ2) is 5.16. The molecule has 0 aliphatic carbocycles. The Morgan fingerprint density at radius 2 is 1.90 bits per heavy atom. The monoisotopic (exact) mass is 154 g/mol. The average Bonchev–Trinajstić information content (AvgIpc) is 1.62. The number of hydrogen-bond donors (Lipinski definition) is 0. The summed E-state index contributed by atoms with van der Waals surface area (Å²) in [6.07, 6.45) is 0.456. The quantitative estimate of drug-likeness (QED) is 0.352. The molecule has 0 N–H and O–H groups in total. The van der Waals surface area contributed by atoms with Crippen LogP contribution >= 0.6 is 0 Å². The smallest absolute Gasteiger partial charge is 1.00 e. The second-order valence-electron chi connectivity index (χ2n) is 2.94. The van der Waals surface area contributed by atoms with Gasteiger partial charge in [0.25, 0.3) is 0 Å². The normalized spacial score (nSPS) is 10.0. The third-order valence-corrected chi connectivity index (χ3v) is 0.709. The van der Waals surface area contributed by atoms with E-state index >= 15 is 0 Å². The molecule has 0 saturated heterocycles. The van der Waals surface area contributed by atoms with E-state index < -0.39 is 0 Å². The Balaban J connectivity index is -0.000000320. The summed E-state index contributed by atoms with van der Waals surface area (Å²) >= 11 is 0. The van der Waals surface area contributed by atoms with Crippen molar-refractivity contribution in [2.24, 2.45) is 0 Å². The van der Waals surface area contributed by atoms with Gasteiger partial charge in [-0.25, -0.2) is 0 Å². The molecule has 0 heterocycles. The van der Waals surface area contributed by atoms with Gasteiger partial charge in [0, 0.05) is 6.42 Å². The largest absolute Gasteiger partial charge is 1.00 e. The second-order valence-corrected chi connectivity index (χ2v) is 2.94. The van der Waals surface area contributed by atoms with E-state index in [4.69, 9.17) is 4.74 Å². The van der Waals surface area contributed by atoms with Crippen molar-refractivity contribution in [1.29, 1.82) is 0 Å². The van der Waals surface area contributed by atoms with Crippen LogP contribution in [-0.4, -0.2) is 11.6 Å². The van der Waals surface area contributed by atoms with E-state index in [1.165, 1.54) is 0 Å². The molecule has 0 atom stereocenters. The molecule has 0 radical (unpaired) electrons. The van der Waals surface area contributed by atoms with Crippen molar-refractivity contribution in [3.8, 4) is 0 Å². The van der Waals surface area contributed by atoms with E-state index in [9.17, 15) is 4.79 Å². The molecule has 2 nitrogen and oxygen atoms in total. The molecule has 0 aromatic carbocycles. The van der Waals surface area contributed by atoms with Crippen molar-refractivity contribution in [1.82, 2.24) is 0 Å². The van der Waals surface area contributed by atoms with E-state index in [2.05, 4.69) is 0 Å². The molecule has 10 heavy (non-hydrogen) atoms. The molecule has 0 saturated carbocycles. The molecular formula is C7H15NaO2.